The van der Waals surface area contributed by atoms with Crippen molar-refractivity contribution in [1.82, 2.24) is 10.3 Å². The maximum atomic E-state index is 12.7. The lowest BCUT2D eigenvalue weighted by atomic mass is 10.2. The van der Waals surface area contributed by atoms with Crippen LogP contribution in [0.3, 0.4) is 0 Å². The van der Waals surface area contributed by atoms with Gasteiger partial charge in [0.25, 0.3) is 5.91 Å². The Balaban J connectivity index is 1.86. The second-order valence-corrected chi connectivity index (χ2v) is 4.46. The van der Waals surface area contributed by atoms with Crippen LogP contribution in [-0.4, -0.2) is 23.3 Å². The maximum absolute atomic E-state index is 12.7. The molecule has 0 saturated heterocycles. The molecule has 0 unspecified atom stereocenters. The number of amides is 2. The smallest absolute Gasteiger partial charge is 0.251 e. The predicted molar refractivity (Wildman–Crippen MR) is 76.3 cm³/mol. The number of carbonyl (C=O) groups is 2. The molecule has 2 rings (SSSR count). The van der Waals surface area contributed by atoms with E-state index < -0.39 is 11.7 Å². The van der Waals surface area contributed by atoms with E-state index >= 15 is 0 Å². The molecule has 108 valence electrons. The molecule has 0 aliphatic heterocycles. The van der Waals surface area contributed by atoms with Gasteiger partial charge in [-0.3, -0.25) is 9.59 Å². The predicted octanol–water partition coefficient (Wildman–Crippen LogP) is 1.90. The molecule has 0 radical (unpaired) electrons. The third-order valence-corrected chi connectivity index (χ3v) is 2.70. The van der Waals surface area contributed by atoms with Crippen LogP contribution in [0.15, 0.2) is 42.6 Å². The summed E-state index contributed by atoms with van der Waals surface area (Å²) in [6, 6.07) is 8.61. The molecule has 2 aromatic rings. The first kappa shape index (κ1) is 14.6. The monoisotopic (exact) mass is 287 g/mol. The van der Waals surface area contributed by atoms with Gasteiger partial charge >= 0.3 is 0 Å². The number of benzene rings is 1. The van der Waals surface area contributed by atoms with Gasteiger partial charge in [0.05, 0.1) is 6.54 Å². The fraction of sp³-hybridized carbons (Fsp3) is 0.133. The topological polar surface area (TPSA) is 71.1 Å². The summed E-state index contributed by atoms with van der Waals surface area (Å²) in [5.74, 6) is -0.822. The fourth-order valence-electron chi connectivity index (χ4n) is 1.66. The summed E-state index contributed by atoms with van der Waals surface area (Å²) in [6.07, 6.45) is 1.59. The lowest BCUT2D eigenvalue weighted by Gasteiger charge is -2.07. The van der Waals surface area contributed by atoms with Gasteiger partial charge in [0.1, 0.15) is 11.6 Å². The van der Waals surface area contributed by atoms with Gasteiger partial charge in [-0.05, 0) is 48.9 Å². The molecular formula is C15H14FN3O2. The summed E-state index contributed by atoms with van der Waals surface area (Å²) in [4.78, 5) is 27.4. The summed E-state index contributed by atoms with van der Waals surface area (Å²) >= 11 is 0. The molecular weight excluding hydrogens is 273 g/mol. The molecule has 1 aromatic heterocycles. The van der Waals surface area contributed by atoms with E-state index in [0.29, 0.717) is 5.82 Å². The molecule has 21 heavy (non-hydrogen) atoms. The Kier molecular flexibility index (Phi) is 4.61. The molecule has 1 heterocycles. The molecule has 0 aliphatic rings. The van der Waals surface area contributed by atoms with Crippen LogP contribution in [-0.2, 0) is 4.79 Å². The van der Waals surface area contributed by atoms with Crippen molar-refractivity contribution in [3.05, 3.63) is 59.5 Å². The van der Waals surface area contributed by atoms with E-state index in [1.165, 1.54) is 24.3 Å². The molecule has 2 amide bonds. The Morgan fingerprint density at radius 3 is 2.57 bits per heavy atom. The number of hydrogen-bond acceptors (Lipinski definition) is 3. The SMILES string of the molecule is Cc1ccnc(NC(=O)CNC(=O)c2ccc(F)cc2)c1. The van der Waals surface area contributed by atoms with Crippen LogP contribution in [0.4, 0.5) is 10.2 Å². The molecule has 0 fully saturated rings. The highest BCUT2D eigenvalue weighted by molar-refractivity contribution is 5.99. The number of aromatic nitrogens is 1. The van der Waals surface area contributed by atoms with Crippen molar-refractivity contribution < 1.29 is 14.0 Å². The van der Waals surface area contributed by atoms with E-state index in [9.17, 15) is 14.0 Å². The Morgan fingerprint density at radius 1 is 1.19 bits per heavy atom. The lowest BCUT2D eigenvalue weighted by molar-refractivity contribution is -0.115. The summed E-state index contributed by atoms with van der Waals surface area (Å²) < 4.78 is 12.7. The minimum absolute atomic E-state index is 0.189. The second kappa shape index (κ2) is 6.60. The highest BCUT2D eigenvalue weighted by atomic mass is 19.1. The number of carbonyl (C=O) groups excluding carboxylic acids is 2. The van der Waals surface area contributed by atoms with Crippen molar-refractivity contribution in [2.24, 2.45) is 0 Å². The number of anilines is 1. The first-order chi connectivity index (χ1) is 10.0. The van der Waals surface area contributed by atoms with E-state index in [2.05, 4.69) is 15.6 Å². The van der Waals surface area contributed by atoms with Gasteiger partial charge in [0, 0.05) is 11.8 Å². The van der Waals surface area contributed by atoms with E-state index in [-0.39, 0.29) is 18.0 Å². The Morgan fingerprint density at radius 2 is 1.90 bits per heavy atom. The van der Waals surface area contributed by atoms with Crippen molar-refractivity contribution in [3.8, 4) is 0 Å². The van der Waals surface area contributed by atoms with Crippen LogP contribution in [0.5, 0.6) is 0 Å². The van der Waals surface area contributed by atoms with Gasteiger partial charge in [0.2, 0.25) is 5.91 Å². The van der Waals surface area contributed by atoms with Crippen LogP contribution >= 0.6 is 0 Å². The number of rotatable bonds is 4. The number of nitrogens with one attached hydrogen (secondary N) is 2. The van der Waals surface area contributed by atoms with Crippen LogP contribution in [0.1, 0.15) is 15.9 Å². The Hall–Kier alpha value is -2.76. The molecule has 1 aromatic carbocycles. The van der Waals surface area contributed by atoms with Crippen molar-refractivity contribution in [2.45, 2.75) is 6.92 Å². The van der Waals surface area contributed by atoms with E-state index in [4.69, 9.17) is 0 Å². The van der Waals surface area contributed by atoms with Crippen molar-refractivity contribution in [1.29, 1.82) is 0 Å². The van der Waals surface area contributed by atoms with E-state index in [1.54, 1.807) is 12.3 Å². The lowest BCUT2D eigenvalue weighted by Crippen LogP contribution is -2.33. The minimum atomic E-state index is -0.442. The zero-order valence-corrected chi connectivity index (χ0v) is 11.4. The van der Waals surface area contributed by atoms with E-state index in [1.807, 2.05) is 13.0 Å². The maximum Gasteiger partial charge on any atom is 0.251 e. The number of aryl methyl sites for hydroxylation is 1. The van der Waals surface area contributed by atoms with Crippen molar-refractivity contribution in [3.63, 3.8) is 0 Å². The summed E-state index contributed by atoms with van der Waals surface area (Å²) in [6.45, 7) is 1.69. The van der Waals surface area contributed by atoms with Gasteiger partial charge in [0.15, 0.2) is 0 Å². The molecule has 0 saturated carbocycles. The third kappa shape index (κ3) is 4.38. The van der Waals surface area contributed by atoms with Crippen LogP contribution in [0.2, 0.25) is 0 Å². The summed E-state index contributed by atoms with van der Waals surface area (Å²) in [5, 5.41) is 5.03. The first-order valence-corrected chi connectivity index (χ1v) is 6.31. The molecule has 5 nitrogen and oxygen atoms in total. The molecule has 0 atom stereocenters. The van der Waals surface area contributed by atoms with Crippen LogP contribution < -0.4 is 10.6 Å². The van der Waals surface area contributed by atoms with Gasteiger partial charge in [-0.25, -0.2) is 9.37 Å². The quantitative estimate of drug-likeness (QED) is 0.902. The summed E-state index contributed by atoms with van der Waals surface area (Å²) in [7, 11) is 0. The van der Waals surface area contributed by atoms with Crippen LogP contribution in [0.25, 0.3) is 0 Å². The Labute approximate surface area is 121 Å². The highest BCUT2D eigenvalue weighted by Crippen LogP contribution is 2.05. The zero-order chi connectivity index (χ0) is 15.2. The second-order valence-electron chi connectivity index (χ2n) is 4.46. The van der Waals surface area contributed by atoms with Gasteiger partial charge < -0.3 is 10.6 Å². The molecule has 0 aliphatic carbocycles. The van der Waals surface area contributed by atoms with Gasteiger partial charge in [-0.1, -0.05) is 0 Å². The Bertz CT molecular complexity index is 656. The fourth-order valence-corrected chi connectivity index (χ4v) is 1.66. The average molecular weight is 287 g/mol. The standard InChI is InChI=1S/C15H14FN3O2/c1-10-6-7-17-13(8-10)19-14(20)9-18-15(21)11-2-4-12(16)5-3-11/h2-8H,9H2,1H3,(H,18,21)(H,17,19,20). The van der Waals surface area contributed by atoms with Crippen molar-refractivity contribution in [2.75, 3.05) is 11.9 Å². The molecule has 0 bridgehead atoms. The number of pyridine rings is 1. The third-order valence-electron chi connectivity index (χ3n) is 2.70. The first-order valence-electron chi connectivity index (χ1n) is 6.31. The van der Waals surface area contributed by atoms with Crippen molar-refractivity contribution >= 4 is 17.6 Å². The highest BCUT2D eigenvalue weighted by Gasteiger charge is 2.08. The number of halogens is 1. The molecule has 0 spiro atoms. The average Bonchev–Trinajstić information content (AvgIpc) is 2.45. The van der Waals surface area contributed by atoms with Gasteiger partial charge in [-0.2, -0.15) is 0 Å². The summed E-state index contributed by atoms with van der Waals surface area (Å²) in [5.41, 5.74) is 1.26. The van der Waals surface area contributed by atoms with Gasteiger partial charge in [-0.15, -0.1) is 0 Å². The minimum Gasteiger partial charge on any atom is -0.343 e. The molecule has 6 heteroatoms. The molecule has 2 N–H and O–H groups in total. The van der Waals surface area contributed by atoms with E-state index in [0.717, 1.165) is 5.56 Å². The number of hydrogen-bond donors (Lipinski definition) is 2. The number of nitrogens with zero attached hydrogens (tertiary/aromatic N) is 1. The normalized spacial score (nSPS) is 10.0. The zero-order valence-electron chi connectivity index (χ0n) is 11.4. The van der Waals surface area contributed by atoms with Crippen LogP contribution in [0, 0.1) is 12.7 Å². The largest absolute Gasteiger partial charge is 0.343 e.